The lowest BCUT2D eigenvalue weighted by molar-refractivity contribution is 0.188. The van der Waals surface area contributed by atoms with E-state index in [1.54, 1.807) is 6.92 Å². The van der Waals surface area contributed by atoms with Crippen LogP contribution in [0.4, 0.5) is 0 Å². The molecular formula is C20H35N2O5P. The van der Waals surface area contributed by atoms with Gasteiger partial charge in [0, 0.05) is 30.1 Å². The van der Waals surface area contributed by atoms with Crippen molar-refractivity contribution in [3.05, 3.63) is 23.0 Å². The second-order valence-corrected chi connectivity index (χ2v) is 8.35. The van der Waals surface area contributed by atoms with Gasteiger partial charge in [-0.25, -0.2) is 4.57 Å². The van der Waals surface area contributed by atoms with Gasteiger partial charge in [0.25, 0.3) is 0 Å². The van der Waals surface area contributed by atoms with E-state index in [1.165, 1.54) is 63.8 Å². The summed E-state index contributed by atoms with van der Waals surface area (Å²) < 4.78 is 15.4. The molecule has 0 atom stereocenters. The number of nitrogens with zero attached hydrogens (tertiary/aromatic N) is 2. The van der Waals surface area contributed by atoms with Gasteiger partial charge < -0.3 is 14.9 Å². The molecule has 1 heterocycles. The van der Waals surface area contributed by atoms with Crippen LogP contribution in [0.2, 0.25) is 0 Å². The van der Waals surface area contributed by atoms with Crippen LogP contribution in [-0.2, 0) is 15.7 Å². The molecular weight excluding hydrogens is 379 g/mol. The molecule has 160 valence electrons. The molecule has 1 aromatic rings. The van der Waals surface area contributed by atoms with E-state index in [0.29, 0.717) is 23.4 Å². The maximum absolute atomic E-state index is 10.9. The van der Waals surface area contributed by atoms with Crippen LogP contribution < -0.4 is 0 Å². The quantitative estimate of drug-likeness (QED) is 0.210. The van der Waals surface area contributed by atoms with Crippen molar-refractivity contribution >= 4 is 14.0 Å². The number of aliphatic imine (C=N–C) groups is 1. The number of aryl methyl sites for hydroxylation is 1. The number of phosphoric acid groups is 1. The summed E-state index contributed by atoms with van der Waals surface area (Å²) in [5.41, 5.74) is 1.21. The van der Waals surface area contributed by atoms with Crippen LogP contribution in [0.1, 0.15) is 88.0 Å². The average Bonchev–Trinajstić information content (AvgIpc) is 2.64. The Kier molecular flexibility index (Phi) is 12.2. The van der Waals surface area contributed by atoms with E-state index in [2.05, 4.69) is 21.4 Å². The number of phosphoric ester groups is 1. The monoisotopic (exact) mass is 414 g/mol. The fourth-order valence-corrected chi connectivity index (χ4v) is 3.22. The van der Waals surface area contributed by atoms with Gasteiger partial charge in [-0.3, -0.25) is 14.5 Å². The van der Waals surface area contributed by atoms with E-state index >= 15 is 0 Å². The van der Waals surface area contributed by atoms with Crippen LogP contribution in [0.5, 0.6) is 5.75 Å². The van der Waals surface area contributed by atoms with Crippen molar-refractivity contribution in [2.24, 2.45) is 4.99 Å². The molecule has 7 nitrogen and oxygen atoms in total. The van der Waals surface area contributed by atoms with Crippen LogP contribution in [0, 0.1) is 6.92 Å². The zero-order valence-electron chi connectivity index (χ0n) is 17.1. The van der Waals surface area contributed by atoms with E-state index in [-0.39, 0.29) is 12.4 Å². The van der Waals surface area contributed by atoms with Gasteiger partial charge in [0.05, 0.1) is 12.3 Å². The molecule has 0 radical (unpaired) electrons. The van der Waals surface area contributed by atoms with Gasteiger partial charge in [-0.05, 0) is 13.3 Å². The van der Waals surface area contributed by atoms with Crippen molar-refractivity contribution in [3.63, 3.8) is 0 Å². The topological polar surface area (TPSA) is 112 Å². The minimum Gasteiger partial charge on any atom is -0.505 e. The van der Waals surface area contributed by atoms with Gasteiger partial charge >= 0.3 is 7.82 Å². The lowest BCUT2D eigenvalue weighted by atomic mass is 10.1. The first kappa shape index (κ1) is 24.8. The summed E-state index contributed by atoms with van der Waals surface area (Å²) in [6.45, 7) is 4.19. The van der Waals surface area contributed by atoms with E-state index in [4.69, 9.17) is 9.79 Å². The highest BCUT2D eigenvalue weighted by Crippen LogP contribution is 2.37. The van der Waals surface area contributed by atoms with Crippen LogP contribution in [0.15, 0.2) is 11.2 Å². The van der Waals surface area contributed by atoms with Crippen molar-refractivity contribution in [1.29, 1.82) is 0 Å². The lowest BCUT2D eigenvalue weighted by Gasteiger charge is -2.10. The van der Waals surface area contributed by atoms with Crippen LogP contribution in [-0.4, -0.2) is 32.6 Å². The van der Waals surface area contributed by atoms with Gasteiger partial charge in [0.2, 0.25) is 0 Å². The summed E-state index contributed by atoms with van der Waals surface area (Å²) in [6.07, 6.45) is 15.5. The maximum atomic E-state index is 10.9. The predicted molar refractivity (Wildman–Crippen MR) is 112 cm³/mol. The Morgan fingerprint density at radius 2 is 1.64 bits per heavy atom. The van der Waals surface area contributed by atoms with Gasteiger partial charge in [0.15, 0.2) is 0 Å². The molecule has 1 aromatic heterocycles. The fourth-order valence-electron chi connectivity index (χ4n) is 2.91. The number of unbranched alkanes of at least 4 members (excludes halogenated alkanes) is 9. The number of hydrogen-bond donors (Lipinski definition) is 3. The molecule has 0 saturated carbocycles. The van der Waals surface area contributed by atoms with Crippen LogP contribution in [0.25, 0.3) is 0 Å². The first-order chi connectivity index (χ1) is 13.3. The van der Waals surface area contributed by atoms with E-state index in [0.717, 1.165) is 12.8 Å². The summed E-state index contributed by atoms with van der Waals surface area (Å²) in [4.78, 5) is 26.1. The molecule has 0 unspecified atom stereocenters. The molecule has 0 spiro atoms. The van der Waals surface area contributed by atoms with Gasteiger partial charge in [0.1, 0.15) is 5.75 Å². The number of pyridine rings is 1. The molecule has 0 aromatic carbocycles. The van der Waals surface area contributed by atoms with E-state index in [9.17, 15) is 9.67 Å². The third-order valence-corrected chi connectivity index (χ3v) is 5.07. The molecule has 28 heavy (non-hydrogen) atoms. The van der Waals surface area contributed by atoms with Gasteiger partial charge in [-0.2, -0.15) is 0 Å². The first-order valence-electron chi connectivity index (χ1n) is 10.2. The Morgan fingerprint density at radius 3 is 2.21 bits per heavy atom. The Morgan fingerprint density at radius 1 is 1.07 bits per heavy atom. The van der Waals surface area contributed by atoms with E-state index < -0.39 is 7.82 Å². The van der Waals surface area contributed by atoms with Crippen molar-refractivity contribution in [3.8, 4) is 5.75 Å². The third kappa shape index (κ3) is 10.9. The Balaban J connectivity index is 2.35. The smallest absolute Gasteiger partial charge is 0.469 e. The summed E-state index contributed by atoms with van der Waals surface area (Å²) in [6, 6.07) is 0. The molecule has 0 saturated heterocycles. The van der Waals surface area contributed by atoms with Gasteiger partial charge in [-0.15, -0.1) is 0 Å². The maximum Gasteiger partial charge on any atom is 0.469 e. The summed E-state index contributed by atoms with van der Waals surface area (Å²) in [5, 5.41) is 10.2. The molecule has 0 amide bonds. The Labute approximate surface area is 168 Å². The molecule has 0 fully saturated rings. The molecule has 8 heteroatoms. The molecule has 0 aliphatic carbocycles. The van der Waals surface area contributed by atoms with Gasteiger partial charge in [-0.1, -0.05) is 64.7 Å². The molecule has 3 N–H and O–H groups in total. The van der Waals surface area contributed by atoms with Crippen molar-refractivity contribution in [2.75, 3.05) is 6.54 Å². The van der Waals surface area contributed by atoms with Crippen molar-refractivity contribution in [1.82, 2.24) is 4.98 Å². The zero-order chi connectivity index (χ0) is 20.8. The van der Waals surface area contributed by atoms with Crippen LogP contribution in [0.3, 0.4) is 0 Å². The highest BCUT2D eigenvalue weighted by molar-refractivity contribution is 7.46. The highest BCUT2D eigenvalue weighted by atomic mass is 31.2. The largest absolute Gasteiger partial charge is 0.505 e. The van der Waals surface area contributed by atoms with Crippen LogP contribution >= 0.6 is 7.82 Å². The Hall–Kier alpha value is -1.27. The van der Waals surface area contributed by atoms with Crippen molar-refractivity contribution in [2.45, 2.75) is 84.7 Å². The second-order valence-electron chi connectivity index (χ2n) is 7.11. The summed E-state index contributed by atoms with van der Waals surface area (Å²) >= 11 is 0. The summed E-state index contributed by atoms with van der Waals surface area (Å²) in [5.74, 6) is -0.0429. The SMILES string of the molecule is CCCCCCCCCCCCN=Cc1c(COP(=O)(O)O)cnc(C)c1O. The molecule has 0 aliphatic heterocycles. The number of rotatable bonds is 15. The molecule has 0 aliphatic rings. The molecule has 0 bridgehead atoms. The fraction of sp³-hybridized carbons (Fsp3) is 0.700. The average molecular weight is 414 g/mol. The lowest BCUT2D eigenvalue weighted by Crippen LogP contribution is -2.01. The number of aromatic hydroxyl groups is 1. The van der Waals surface area contributed by atoms with E-state index in [1.807, 2.05) is 0 Å². The zero-order valence-corrected chi connectivity index (χ0v) is 18.0. The highest BCUT2D eigenvalue weighted by Gasteiger charge is 2.17. The summed E-state index contributed by atoms with van der Waals surface area (Å²) in [7, 11) is -4.59. The predicted octanol–water partition coefficient (Wildman–Crippen LogP) is 5.04. The second kappa shape index (κ2) is 13.8. The number of aromatic nitrogens is 1. The van der Waals surface area contributed by atoms with Crippen molar-refractivity contribution < 1.29 is 24.0 Å². The molecule has 1 rings (SSSR count). The number of hydrogen-bond acceptors (Lipinski definition) is 5. The third-order valence-electron chi connectivity index (χ3n) is 4.61. The standard InChI is InChI=1S/C20H35N2O5P/c1-3-4-5-6-7-8-9-10-11-12-13-21-15-19-18(16-27-28(24,25)26)14-22-17(2)20(19)23/h14-15,23H,3-13,16H2,1-2H3,(H2,24,25,26). The minimum atomic E-state index is -4.59. The minimum absolute atomic E-state index is 0.0429. The normalized spacial score (nSPS) is 12.1. The Bertz CT molecular complexity index is 646. The first-order valence-corrected chi connectivity index (χ1v) is 11.8.